The predicted octanol–water partition coefficient (Wildman–Crippen LogP) is 1.97. The van der Waals surface area contributed by atoms with E-state index in [0.717, 1.165) is 16.5 Å². The highest BCUT2D eigenvalue weighted by atomic mass is 16.1. The minimum atomic E-state index is -0.128. The van der Waals surface area contributed by atoms with Gasteiger partial charge in [0.1, 0.15) is 17.2 Å². The van der Waals surface area contributed by atoms with Crippen molar-refractivity contribution in [2.45, 2.75) is 0 Å². The maximum absolute atomic E-state index is 11.4. The van der Waals surface area contributed by atoms with E-state index in [0.29, 0.717) is 22.9 Å². The molecule has 7 nitrogen and oxygen atoms in total. The zero-order valence-corrected chi connectivity index (χ0v) is 12.9. The average molecular weight is 318 g/mol. The third-order valence-electron chi connectivity index (χ3n) is 3.74. The van der Waals surface area contributed by atoms with Crippen LogP contribution in [0.2, 0.25) is 0 Å². The number of anilines is 1. The van der Waals surface area contributed by atoms with Crippen molar-refractivity contribution >= 4 is 16.7 Å². The summed E-state index contributed by atoms with van der Waals surface area (Å²) in [5, 5.41) is 5.31. The molecule has 4 aromatic rings. The van der Waals surface area contributed by atoms with Crippen LogP contribution in [-0.4, -0.2) is 24.7 Å². The number of hydrogen-bond donors (Lipinski definition) is 2. The van der Waals surface area contributed by atoms with E-state index in [4.69, 9.17) is 5.73 Å². The van der Waals surface area contributed by atoms with Crippen LogP contribution in [0.4, 0.5) is 5.82 Å². The molecule has 1 aromatic carbocycles. The number of hydrogen-bond acceptors (Lipinski definition) is 5. The summed E-state index contributed by atoms with van der Waals surface area (Å²) in [5.41, 5.74) is 9.35. The van der Waals surface area contributed by atoms with E-state index in [1.165, 1.54) is 12.3 Å². The van der Waals surface area contributed by atoms with Gasteiger partial charge in [0.2, 0.25) is 5.56 Å². The number of nitrogen functional groups attached to an aromatic ring is 1. The van der Waals surface area contributed by atoms with Crippen LogP contribution in [0.15, 0.2) is 53.6 Å². The molecule has 0 bridgehead atoms. The summed E-state index contributed by atoms with van der Waals surface area (Å²) in [5.74, 6) is 0.338. The molecule has 0 spiro atoms. The number of H-pyrrole nitrogens is 1. The standard InChI is InChI=1S/C17H14N6O/c1-23-7-6-13(22-23)17-16(19-9-14(18)21-17)11-2-4-12-10(8-11)3-5-15(24)20-12/h2-9H,1H3,(H2,18,21)(H,20,24). The number of aromatic amines is 1. The Bertz CT molecular complexity index is 1110. The maximum Gasteiger partial charge on any atom is 0.248 e. The van der Waals surface area contributed by atoms with E-state index in [1.807, 2.05) is 37.5 Å². The molecule has 0 unspecified atom stereocenters. The van der Waals surface area contributed by atoms with Crippen molar-refractivity contribution < 1.29 is 0 Å². The first-order chi connectivity index (χ1) is 11.6. The van der Waals surface area contributed by atoms with Gasteiger partial charge in [0.15, 0.2) is 0 Å². The lowest BCUT2D eigenvalue weighted by Crippen LogP contribution is -2.02. The topological polar surface area (TPSA) is 102 Å². The van der Waals surface area contributed by atoms with Crippen LogP contribution < -0.4 is 11.3 Å². The number of rotatable bonds is 2. The first-order valence-electron chi connectivity index (χ1n) is 7.36. The summed E-state index contributed by atoms with van der Waals surface area (Å²) in [7, 11) is 1.84. The molecule has 0 radical (unpaired) electrons. The SMILES string of the molecule is Cn1ccc(-c2nc(N)cnc2-c2ccc3[nH]c(=O)ccc3c2)n1. The zero-order chi connectivity index (χ0) is 16.7. The fourth-order valence-electron chi connectivity index (χ4n) is 2.64. The molecular weight excluding hydrogens is 304 g/mol. The molecule has 0 aliphatic rings. The number of nitrogens with one attached hydrogen (secondary N) is 1. The zero-order valence-electron chi connectivity index (χ0n) is 12.9. The van der Waals surface area contributed by atoms with Crippen molar-refractivity contribution in [3.8, 4) is 22.6 Å². The molecule has 24 heavy (non-hydrogen) atoms. The van der Waals surface area contributed by atoms with Crippen LogP contribution in [0.5, 0.6) is 0 Å². The second kappa shape index (κ2) is 5.31. The molecule has 0 saturated heterocycles. The monoisotopic (exact) mass is 318 g/mol. The van der Waals surface area contributed by atoms with E-state index in [2.05, 4.69) is 20.1 Å². The van der Waals surface area contributed by atoms with Crippen molar-refractivity contribution in [3.63, 3.8) is 0 Å². The van der Waals surface area contributed by atoms with Crippen molar-refractivity contribution in [1.82, 2.24) is 24.7 Å². The number of pyridine rings is 1. The van der Waals surface area contributed by atoms with E-state index < -0.39 is 0 Å². The number of aromatic nitrogens is 5. The highest BCUT2D eigenvalue weighted by Gasteiger charge is 2.14. The van der Waals surface area contributed by atoms with Gasteiger partial charge in [-0.25, -0.2) is 4.98 Å². The van der Waals surface area contributed by atoms with Crippen LogP contribution in [0.3, 0.4) is 0 Å². The molecule has 4 rings (SSSR count). The Morgan fingerprint density at radius 3 is 2.79 bits per heavy atom. The third-order valence-corrected chi connectivity index (χ3v) is 3.74. The first kappa shape index (κ1) is 14.1. The smallest absolute Gasteiger partial charge is 0.248 e. The number of fused-ring (bicyclic) bond motifs is 1. The summed E-state index contributed by atoms with van der Waals surface area (Å²) >= 11 is 0. The van der Waals surface area contributed by atoms with Crippen molar-refractivity contribution in [1.29, 1.82) is 0 Å². The van der Waals surface area contributed by atoms with Crippen molar-refractivity contribution in [2.24, 2.45) is 7.05 Å². The van der Waals surface area contributed by atoms with Gasteiger partial charge in [-0.3, -0.25) is 14.5 Å². The average Bonchev–Trinajstić information content (AvgIpc) is 3.01. The highest BCUT2D eigenvalue weighted by Crippen LogP contribution is 2.29. The van der Waals surface area contributed by atoms with Crippen LogP contribution in [0.25, 0.3) is 33.5 Å². The Balaban J connectivity index is 1.93. The Kier molecular flexibility index (Phi) is 3.13. The largest absolute Gasteiger partial charge is 0.382 e. The van der Waals surface area contributed by atoms with Crippen LogP contribution in [0, 0.1) is 0 Å². The van der Waals surface area contributed by atoms with E-state index in [1.54, 1.807) is 10.7 Å². The first-order valence-corrected chi connectivity index (χ1v) is 7.36. The van der Waals surface area contributed by atoms with E-state index in [-0.39, 0.29) is 5.56 Å². The van der Waals surface area contributed by atoms with Gasteiger partial charge in [-0.15, -0.1) is 0 Å². The fraction of sp³-hybridized carbons (Fsp3) is 0.0588. The molecule has 0 aliphatic heterocycles. The minimum absolute atomic E-state index is 0.128. The molecule has 7 heteroatoms. The summed E-state index contributed by atoms with van der Waals surface area (Å²) in [6, 6.07) is 10.9. The lowest BCUT2D eigenvalue weighted by molar-refractivity contribution is 0.770. The Hall–Kier alpha value is -3.48. The molecule has 3 N–H and O–H groups in total. The van der Waals surface area contributed by atoms with Crippen LogP contribution in [-0.2, 0) is 7.05 Å². The second-order valence-corrected chi connectivity index (χ2v) is 5.49. The highest BCUT2D eigenvalue weighted by molar-refractivity contribution is 5.86. The normalized spacial score (nSPS) is 11.0. The van der Waals surface area contributed by atoms with E-state index >= 15 is 0 Å². The summed E-state index contributed by atoms with van der Waals surface area (Å²) in [6.07, 6.45) is 3.37. The van der Waals surface area contributed by atoms with Gasteiger partial charge in [0.05, 0.1) is 11.9 Å². The second-order valence-electron chi connectivity index (χ2n) is 5.49. The van der Waals surface area contributed by atoms with Gasteiger partial charge in [0.25, 0.3) is 0 Å². The Labute approximate surface area is 136 Å². The quantitative estimate of drug-likeness (QED) is 0.588. The Morgan fingerprint density at radius 1 is 1.12 bits per heavy atom. The number of aryl methyl sites for hydroxylation is 1. The van der Waals surface area contributed by atoms with Crippen molar-refractivity contribution in [2.75, 3.05) is 5.73 Å². The van der Waals surface area contributed by atoms with Gasteiger partial charge in [-0.1, -0.05) is 6.07 Å². The van der Waals surface area contributed by atoms with Gasteiger partial charge in [-0.05, 0) is 29.7 Å². The third kappa shape index (κ3) is 2.41. The number of benzene rings is 1. The lowest BCUT2D eigenvalue weighted by atomic mass is 10.1. The minimum Gasteiger partial charge on any atom is -0.382 e. The summed E-state index contributed by atoms with van der Waals surface area (Å²) < 4.78 is 1.70. The number of nitrogens with zero attached hydrogens (tertiary/aromatic N) is 4. The number of nitrogens with two attached hydrogens (primary N) is 1. The van der Waals surface area contributed by atoms with Crippen LogP contribution in [0.1, 0.15) is 0 Å². The Morgan fingerprint density at radius 2 is 2.00 bits per heavy atom. The molecular formula is C17H14N6O. The van der Waals surface area contributed by atoms with Crippen molar-refractivity contribution in [3.05, 3.63) is 59.1 Å². The molecule has 0 amide bonds. The lowest BCUT2D eigenvalue weighted by Gasteiger charge is -2.08. The van der Waals surface area contributed by atoms with Gasteiger partial charge >= 0.3 is 0 Å². The molecule has 0 fully saturated rings. The van der Waals surface area contributed by atoms with Gasteiger partial charge < -0.3 is 10.7 Å². The summed E-state index contributed by atoms with van der Waals surface area (Å²) in [4.78, 5) is 23.1. The molecule has 0 atom stereocenters. The molecule has 0 saturated carbocycles. The van der Waals surface area contributed by atoms with Gasteiger partial charge in [-0.2, -0.15) is 5.10 Å². The molecule has 3 heterocycles. The molecule has 0 aliphatic carbocycles. The fourth-order valence-corrected chi connectivity index (χ4v) is 2.64. The van der Waals surface area contributed by atoms with E-state index in [9.17, 15) is 4.79 Å². The maximum atomic E-state index is 11.4. The van der Waals surface area contributed by atoms with Gasteiger partial charge in [0, 0.05) is 30.4 Å². The molecule has 118 valence electrons. The molecule has 3 aromatic heterocycles. The predicted molar refractivity (Wildman–Crippen MR) is 92.2 cm³/mol. The summed E-state index contributed by atoms with van der Waals surface area (Å²) in [6.45, 7) is 0. The van der Waals surface area contributed by atoms with Crippen LogP contribution >= 0.6 is 0 Å².